The molecule has 0 heterocycles. The Morgan fingerprint density at radius 2 is 2.00 bits per heavy atom. The van der Waals surface area contributed by atoms with Crippen LogP contribution in [0.5, 0.6) is 5.75 Å². The summed E-state index contributed by atoms with van der Waals surface area (Å²) in [6.07, 6.45) is -5.15. The Morgan fingerprint density at radius 3 is 2.43 bits per heavy atom. The standard InChI is InChI=1S/C12H8F5NO3/c1-2-20-10(19)7-4-3-6(5-18)8(12(15,16)17)9(7)21-11(13)14/h3-4,11H,2H2,1H3. The number of benzene rings is 1. The van der Waals surface area contributed by atoms with E-state index in [2.05, 4.69) is 9.47 Å². The van der Waals surface area contributed by atoms with Gasteiger partial charge in [0.1, 0.15) is 11.1 Å². The van der Waals surface area contributed by atoms with Crippen LogP contribution in [-0.4, -0.2) is 19.2 Å². The molecule has 114 valence electrons. The molecule has 0 saturated heterocycles. The molecule has 0 bridgehead atoms. The molecule has 0 aliphatic carbocycles. The van der Waals surface area contributed by atoms with Gasteiger partial charge in [-0.2, -0.15) is 27.2 Å². The minimum Gasteiger partial charge on any atom is -0.462 e. The van der Waals surface area contributed by atoms with Crippen molar-refractivity contribution < 1.29 is 36.2 Å². The van der Waals surface area contributed by atoms with Crippen LogP contribution in [0.4, 0.5) is 22.0 Å². The van der Waals surface area contributed by atoms with Crippen LogP contribution >= 0.6 is 0 Å². The second kappa shape index (κ2) is 6.39. The number of nitriles is 1. The van der Waals surface area contributed by atoms with Crippen LogP contribution in [0.25, 0.3) is 0 Å². The maximum atomic E-state index is 12.9. The lowest BCUT2D eigenvalue weighted by Crippen LogP contribution is -2.18. The first-order valence-electron chi connectivity index (χ1n) is 5.48. The number of rotatable bonds is 4. The predicted molar refractivity (Wildman–Crippen MR) is 58.7 cm³/mol. The third-order valence-corrected chi connectivity index (χ3v) is 2.26. The topological polar surface area (TPSA) is 59.3 Å². The summed E-state index contributed by atoms with van der Waals surface area (Å²) in [7, 11) is 0. The Kier molecular flexibility index (Phi) is 5.07. The quantitative estimate of drug-likeness (QED) is 0.632. The van der Waals surface area contributed by atoms with Crippen LogP contribution in [0, 0.1) is 11.3 Å². The number of alkyl halides is 5. The summed E-state index contributed by atoms with van der Waals surface area (Å²) < 4.78 is 71.8. The van der Waals surface area contributed by atoms with E-state index < -0.39 is 41.2 Å². The zero-order valence-corrected chi connectivity index (χ0v) is 10.5. The van der Waals surface area contributed by atoms with Crippen LogP contribution in [0.15, 0.2) is 12.1 Å². The third-order valence-electron chi connectivity index (χ3n) is 2.26. The second-order valence-electron chi connectivity index (χ2n) is 3.57. The maximum absolute atomic E-state index is 12.9. The molecule has 0 N–H and O–H groups in total. The minimum atomic E-state index is -5.15. The number of esters is 1. The van der Waals surface area contributed by atoms with E-state index >= 15 is 0 Å². The van der Waals surface area contributed by atoms with Gasteiger partial charge in [0.05, 0.1) is 18.2 Å². The van der Waals surface area contributed by atoms with Gasteiger partial charge in [-0.3, -0.25) is 0 Å². The fourth-order valence-corrected chi connectivity index (χ4v) is 1.54. The van der Waals surface area contributed by atoms with E-state index in [0.717, 1.165) is 6.07 Å². The summed E-state index contributed by atoms with van der Waals surface area (Å²) in [4.78, 5) is 11.5. The molecular formula is C12H8F5NO3. The molecule has 0 fully saturated rings. The number of nitrogens with zero attached hydrogens (tertiary/aromatic N) is 1. The van der Waals surface area contributed by atoms with Crippen LogP contribution in [-0.2, 0) is 10.9 Å². The van der Waals surface area contributed by atoms with Crippen molar-refractivity contribution in [1.82, 2.24) is 0 Å². The SMILES string of the molecule is CCOC(=O)c1ccc(C#N)c(C(F)(F)F)c1OC(F)F. The molecule has 0 aliphatic rings. The number of carbonyl (C=O) groups is 1. The predicted octanol–water partition coefficient (Wildman–Crippen LogP) is 3.36. The van der Waals surface area contributed by atoms with Crippen molar-refractivity contribution in [2.75, 3.05) is 6.61 Å². The van der Waals surface area contributed by atoms with Crippen LogP contribution < -0.4 is 4.74 Å². The summed E-state index contributed by atoms with van der Waals surface area (Å²) in [6.45, 7) is -2.39. The highest BCUT2D eigenvalue weighted by Gasteiger charge is 2.40. The average molecular weight is 309 g/mol. The molecule has 0 saturated carbocycles. The highest BCUT2D eigenvalue weighted by Crippen LogP contribution is 2.41. The zero-order chi connectivity index (χ0) is 16.2. The molecule has 0 spiro atoms. The van der Waals surface area contributed by atoms with Gasteiger partial charge in [-0.05, 0) is 19.1 Å². The molecule has 1 aromatic rings. The summed E-state index contributed by atoms with van der Waals surface area (Å²) in [5.41, 5.74) is -3.51. The fourth-order valence-electron chi connectivity index (χ4n) is 1.54. The number of carbonyl (C=O) groups excluding carboxylic acids is 1. The van der Waals surface area contributed by atoms with Crippen molar-refractivity contribution in [3.05, 3.63) is 28.8 Å². The molecule has 4 nitrogen and oxygen atoms in total. The first-order valence-corrected chi connectivity index (χ1v) is 5.48. The molecule has 1 rings (SSSR count). The van der Waals surface area contributed by atoms with Gasteiger partial charge in [-0.15, -0.1) is 0 Å². The van der Waals surface area contributed by atoms with Crippen molar-refractivity contribution in [3.8, 4) is 11.8 Å². The Bertz CT molecular complexity index is 577. The monoisotopic (exact) mass is 309 g/mol. The van der Waals surface area contributed by atoms with E-state index in [9.17, 15) is 26.7 Å². The van der Waals surface area contributed by atoms with Crippen molar-refractivity contribution in [1.29, 1.82) is 5.26 Å². The minimum absolute atomic E-state index is 0.172. The molecule has 9 heteroatoms. The van der Waals surface area contributed by atoms with E-state index in [-0.39, 0.29) is 6.61 Å². The summed E-state index contributed by atoms with van der Waals surface area (Å²) in [5, 5.41) is 8.66. The lowest BCUT2D eigenvalue weighted by Gasteiger charge is -2.17. The van der Waals surface area contributed by atoms with E-state index in [1.807, 2.05) is 0 Å². The van der Waals surface area contributed by atoms with Gasteiger partial charge in [0.15, 0.2) is 5.75 Å². The van der Waals surface area contributed by atoms with Crippen LogP contribution in [0.2, 0.25) is 0 Å². The molecule has 0 aromatic heterocycles. The van der Waals surface area contributed by atoms with Crippen molar-refractivity contribution in [3.63, 3.8) is 0 Å². The Balaban J connectivity index is 3.61. The van der Waals surface area contributed by atoms with Crippen molar-refractivity contribution in [2.45, 2.75) is 19.7 Å². The van der Waals surface area contributed by atoms with Crippen molar-refractivity contribution in [2.24, 2.45) is 0 Å². The van der Waals surface area contributed by atoms with E-state index in [1.54, 1.807) is 0 Å². The normalized spacial score (nSPS) is 11.1. The maximum Gasteiger partial charge on any atom is 0.421 e. The number of hydrogen-bond acceptors (Lipinski definition) is 4. The second-order valence-corrected chi connectivity index (χ2v) is 3.57. The summed E-state index contributed by atoms with van der Waals surface area (Å²) in [6, 6.07) is 2.67. The van der Waals surface area contributed by atoms with Gasteiger partial charge in [0.2, 0.25) is 0 Å². The van der Waals surface area contributed by atoms with Gasteiger partial charge < -0.3 is 9.47 Å². The van der Waals surface area contributed by atoms with Crippen molar-refractivity contribution >= 4 is 5.97 Å². The molecular weight excluding hydrogens is 301 g/mol. The van der Waals surface area contributed by atoms with Crippen LogP contribution in [0.3, 0.4) is 0 Å². The highest BCUT2D eigenvalue weighted by molar-refractivity contribution is 5.93. The zero-order valence-electron chi connectivity index (χ0n) is 10.5. The Morgan fingerprint density at radius 1 is 1.38 bits per heavy atom. The number of halogens is 5. The van der Waals surface area contributed by atoms with Gasteiger partial charge in [0.25, 0.3) is 0 Å². The van der Waals surface area contributed by atoms with Crippen LogP contribution in [0.1, 0.15) is 28.4 Å². The molecule has 0 radical (unpaired) electrons. The largest absolute Gasteiger partial charge is 0.462 e. The number of hydrogen-bond donors (Lipinski definition) is 0. The summed E-state index contributed by atoms with van der Waals surface area (Å²) >= 11 is 0. The third kappa shape index (κ3) is 3.81. The Hall–Kier alpha value is -2.37. The van der Waals surface area contributed by atoms with Gasteiger partial charge in [-0.1, -0.05) is 0 Å². The first-order chi connectivity index (χ1) is 9.72. The average Bonchev–Trinajstić information content (AvgIpc) is 2.36. The van der Waals surface area contributed by atoms with Gasteiger partial charge in [0, 0.05) is 0 Å². The smallest absolute Gasteiger partial charge is 0.421 e. The summed E-state index contributed by atoms with van der Waals surface area (Å²) in [5.74, 6) is -2.68. The lowest BCUT2D eigenvalue weighted by molar-refractivity contribution is -0.142. The van der Waals surface area contributed by atoms with E-state index in [4.69, 9.17) is 5.26 Å². The molecule has 0 amide bonds. The molecule has 0 aliphatic heterocycles. The number of ether oxygens (including phenoxy) is 2. The Labute approximate surface area is 115 Å². The fraction of sp³-hybridized carbons (Fsp3) is 0.333. The molecule has 21 heavy (non-hydrogen) atoms. The lowest BCUT2D eigenvalue weighted by atomic mass is 10.0. The van der Waals surface area contributed by atoms with Gasteiger partial charge in [-0.25, -0.2) is 4.79 Å². The molecule has 0 unspecified atom stereocenters. The van der Waals surface area contributed by atoms with E-state index in [1.165, 1.54) is 13.0 Å². The van der Waals surface area contributed by atoms with Gasteiger partial charge >= 0.3 is 18.8 Å². The molecule has 0 atom stereocenters. The molecule has 1 aromatic carbocycles. The highest BCUT2D eigenvalue weighted by atomic mass is 19.4. The van der Waals surface area contributed by atoms with E-state index in [0.29, 0.717) is 6.07 Å². The first kappa shape index (κ1) is 16.7.